The van der Waals surface area contributed by atoms with Gasteiger partial charge in [0.1, 0.15) is 0 Å². The molecule has 1 aliphatic rings. The number of carbonyl (C=O) groups excluding carboxylic acids is 1. The highest BCUT2D eigenvalue weighted by molar-refractivity contribution is 6.43. The van der Waals surface area contributed by atoms with Crippen LogP contribution in [-0.2, 0) is 0 Å². The van der Waals surface area contributed by atoms with E-state index < -0.39 is 0 Å². The van der Waals surface area contributed by atoms with Gasteiger partial charge in [-0.15, -0.1) is 0 Å². The number of nitrogens with one attached hydrogen (secondary N) is 1. The van der Waals surface area contributed by atoms with Crippen molar-refractivity contribution in [1.82, 2.24) is 10.2 Å². The number of rotatable bonds is 7. The van der Waals surface area contributed by atoms with Gasteiger partial charge in [-0.1, -0.05) is 29.3 Å². The number of nitriles is 1. The zero-order valence-corrected chi connectivity index (χ0v) is 17.7. The van der Waals surface area contributed by atoms with Crippen molar-refractivity contribution in [1.29, 1.82) is 5.26 Å². The van der Waals surface area contributed by atoms with Gasteiger partial charge >= 0.3 is 0 Å². The molecule has 0 radical (unpaired) electrons. The largest absolute Gasteiger partial charge is 0.368 e. The van der Waals surface area contributed by atoms with Crippen molar-refractivity contribution in [3.63, 3.8) is 0 Å². The SMILES string of the molecule is N#Cc1ccc(C(=O)NCCCCN2CCN(c3cccc(Cl)c3Cl)CC2)cc1. The van der Waals surface area contributed by atoms with E-state index >= 15 is 0 Å². The molecular formula is C22H24Cl2N4O. The summed E-state index contributed by atoms with van der Waals surface area (Å²) in [7, 11) is 0. The molecule has 0 spiro atoms. The molecule has 1 fully saturated rings. The van der Waals surface area contributed by atoms with E-state index in [0.717, 1.165) is 51.3 Å². The maximum absolute atomic E-state index is 12.1. The van der Waals surface area contributed by atoms with Crippen LogP contribution in [0, 0.1) is 11.3 Å². The molecule has 2 aromatic rings. The number of unbranched alkanes of at least 4 members (excludes halogenated alkanes) is 1. The molecule has 0 aromatic heterocycles. The van der Waals surface area contributed by atoms with E-state index in [9.17, 15) is 4.79 Å². The molecule has 1 N–H and O–H groups in total. The number of hydrogen-bond acceptors (Lipinski definition) is 4. The summed E-state index contributed by atoms with van der Waals surface area (Å²) in [6, 6.07) is 14.5. The van der Waals surface area contributed by atoms with Gasteiger partial charge in [-0.25, -0.2) is 0 Å². The molecule has 0 atom stereocenters. The molecule has 1 aliphatic heterocycles. The summed E-state index contributed by atoms with van der Waals surface area (Å²) in [6.45, 7) is 5.49. The van der Waals surface area contributed by atoms with Crippen molar-refractivity contribution < 1.29 is 4.79 Å². The lowest BCUT2D eigenvalue weighted by Gasteiger charge is -2.36. The Bertz CT molecular complexity index is 871. The molecule has 1 amide bonds. The number of carbonyl (C=O) groups is 1. The van der Waals surface area contributed by atoms with Crippen molar-refractivity contribution >= 4 is 34.8 Å². The second-order valence-corrected chi connectivity index (χ2v) is 7.84. The Balaban J connectivity index is 1.33. The van der Waals surface area contributed by atoms with Crippen molar-refractivity contribution in [2.24, 2.45) is 0 Å². The average molecular weight is 431 g/mol. The number of anilines is 1. The number of amides is 1. The first-order chi connectivity index (χ1) is 14.1. The number of piperazine rings is 1. The topological polar surface area (TPSA) is 59.4 Å². The predicted octanol–water partition coefficient (Wildman–Crippen LogP) is 4.20. The van der Waals surface area contributed by atoms with Gasteiger partial charge < -0.3 is 10.2 Å². The van der Waals surface area contributed by atoms with Crippen LogP contribution < -0.4 is 10.2 Å². The molecule has 152 valence electrons. The van der Waals surface area contributed by atoms with Crippen LogP contribution in [0.2, 0.25) is 10.0 Å². The molecule has 0 saturated carbocycles. The summed E-state index contributed by atoms with van der Waals surface area (Å²) in [4.78, 5) is 16.8. The van der Waals surface area contributed by atoms with Gasteiger partial charge in [-0.2, -0.15) is 5.26 Å². The van der Waals surface area contributed by atoms with E-state index in [1.165, 1.54) is 0 Å². The Morgan fingerprint density at radius 1 is 1.03 bits per heavy atom. The van der Waals surface area contributed by atoms with Gasteiger partial charge in [0.05, 0.1) is 27.4 Å². The Kier molecular flexibility index (Phi) is 7.76. The highest BCUT2D eigenvalue weighted by Crippen LogP contribution is 2.32. The Labute approximate surface area is 181 Å². The van der Waals surface area contributed by atoms with Crippen molar-refractivity contribution in [2.45, 2.75) is 12.8 Å². The molecule has 0 aliphatic carbocycles. The van der Waals surface area contributed by atoms with Crippen molar-refractivity contribution in [2.75, 3.05) is 44.2 Å². The third-order valence-electron chi connectivity index (χ3n) is 5.11. The quantitative estimate of drug-likeness (QED) is 0.668. The van der Waals surface area contributed by atoms with Gasteiger partial charge in [-0.05, 0) is 55.8 Å². The average Bonchev–Trinajstić information content (AvgIpc) is 2.76. The first kappa shape index (κ1) is 21.4. The van der Waals surface area contributed by atoms with Crippen LogP contribution in [0.15, 0.2) is 42.5 Å². The third-order valence-corrected chi connectivity index (χ3v) is 5.92. The van der Waals surface area contributed by atoms with E-state index in [0.29, 0.717) is 27.7 Å². The zero-order valence-electron chi connectivity index (χ0n) is 16.2. The molecule has 0 unspecified atom stereocenters. The van der Waals surface area contributed by atoms with Gasteiger partial charge in [0.15, 0.2) is 0 Å². The van der Waals surface area contributed by atoms with Gasteiger partial charge in [0, 0.05) is 38.3 Å². The Hall–Kier alpha value is -2.26. The summed E-state index contributed by atoms with van der Waals surface area (Å²) < 4.78 is 0. The lowest BCUT2D eigenvalue weighted by molar-refractivity contribution is 0.0952. The Morgan fingerprint density at radius 2 is 1.76 bits per heavy atom. The lowest BCUT2D eigenvalue weighted by Crippen LogP contribution is -2.46. The van der Waals surface area contributed by atoms with Gasteiger partial charge in [0.25, 0.3) is 5.91 Å². The molecule has 29 heavy (non-hydrogen) atoms. The molecule has 0 bridgehead atoms. The molecule has 7 heteroatoms. The number of nitrogens with zero attached hydrogens (tertiary/aromatic N) is 3. The predicted molar refractivity (Wildman–Crippen MR) is 118 cm³/mol. The number of halogens is 2. The number of hydrogen-bond donors (Lipinski definition) is 1. The van der Waals surface area contributed by atoms with E-state index in [-0.39, 0.29) is 5.91 Å². The lowest BCUT2D eigenvalue weighted by atomic mass is 10.1. The third kappa shape index (κ3) is 5.86. The van der Waals surface area contributed by atoms with Crippen molar-refractivity contribution in [3.05, 3.63) is 63.6 Å². The monoisotopic (exact) mass is 430 g/mol. The van der Waals surface area contributed by atoms with Crippen LogP contribution in [-0.4, -0.2) is 50.1 Å². The van der Waals surface area contributed by atoms with E-state index in [4.69, 9.17) is 28.5 Å². The fourth-order valence-corrected chi connectivity index (χ4v) is 3.82. The fourth-order valence-electron chi connectivity index (χ4n) is 3.41. The minimum atomic E-state index is -0.0958. The summed E-state index contributed by atoms with van der Waals surface area (Å²) in [5.41, 5.74) is 2.14. The molecule has 2 aromatic carbocycles. The maximum Gasteiger partial charge on any atom is 0.251 e. The van der Waals surface area contributed by atoms with E-state index in [2.05, 4.69) is 15.1 Å². The fraction of sp³-hybridized carbons (Fsp3) is 0.364. The summed E-state index contributed by atoms with van der Waals surface area (Å²) in [5, 5.41) is 13.0. The second-order valence-electron chi connectivity index (χ2n) is 7.05. The summed E-state index contributed by atoms with van der Waals surface area (Å²) in [6.07, 6.45) is 1.97. The van der Waals surface area contributed by atoms with Crippen LogP contribution in [0.25, 0.3) is 0 Å². The van der Waals surface area contributed by atoms with Crippen molar-refractivity contribution in [3.8, 4) is 6.07 Å². The standard InChI is InChI=1S/C22H24Cl2N4O/c23-19-4-3-5-20(21(19)24)28-14-12-27(13-15-28)11-2-1-10-26-22(29)18-8-6-17(16-25)7-9-18/h3-9H,1-2,10-15H2,(H,26,29). The zero-order chi connectivity index (χ0) is 20.6. The van der Waals surface area contributed by atoms with E-state index in [1.54, 1.807) is 24.3 Å². The summed E-state index contributed by atoms with van der Waals surface area (Å²) >= 11 is 12.5. The van der Waals surface area contributed by atoms with Crippen LogP contribution in [0.4, 0.5) is 5.69 Å². The first-order valence-electron chi connectivity index (χ1n) is 9.78. The first-order valence-corrected chi connectivity index (χ1v) is 10.5. The minimum absolute atomic E-state index is 0.0958. The highest BCUT2D eigenvalue weighted by atomic mass is 35.5. The second kappa shape index (κ2) is 10.5. The van der Waals surface area contributed by atoms with E-state index in [1.807, 2.05) is 24.3 Å². The molecule has 5 nitrogen and oxygen atoms in total. The smallest absolute Gasteiger partial charge is 0.251 e. The normalized spacial score (nSPS) is 14.4. The van der Waals surface area contributed by atoms with Crippen LogP contribution >= 0.6 is 23.2 Å². The van der Waals surface area contributed by atoms with Crippen LogP contribution in [0.1, 0.15) is 28.8 Å². The van der Waals surface area contributed by atoms with Gasteiger partial charge in [0.2, 0.25) is 0 Å². The maximum atomic E-state index is 12.1. The molecule has 1 heterocycles. The minimum Gasteiger partial charge on any atom is -0.368 e. The van der Waals surface area contributed by atoms with Gasteiger partial charge in [-0.3, -0.25) is 9.69 Å². The Morgan fingerprint density at radius 3 is 2.45 bits per heavy atom. The van der Waals surface area contributed by atoms with Crippen LogP contribution in [0.3, 0.4) is 0 Å². The summed E-state index contributed by atoms with van der Waals surface area (Å²) in [5.74, 6) is -0.0958. The number of benzene rings is 2. The molecule has 1 saturated heterocycles. The molecular weight excluding hydrogens is 407 g/mol. The van der Waals surface area contributed by atoms with Crippen LogP contribution in [0.5, 0.6) is 0 Å². The molecule has 3 rings (SSSR count). The highest BCUT2D eigenvalue weighted by Gasteiger charge is 2.19.